The van der Waals surface area contributed by atoms with Gasteiger partial charge in [-0.05, 0) is 0 Å². The molecule has 3 heteroatoms. The molecule has 2 nitrogen and oxygen atoms in total. The standard InChI is InChI=1S/C4H5NOS/c5-2-1-4(7)3-6/h3-4,7H,1H2. The Morgan fingerprint density at radius 2 is 2.57 bits per heavy atom. The van der Waals surface area contributed by atoms with Gasteiger partial charge < -0.3 is 4.79 Å². The Bertz CT molecular complexity index is 96.4. The molecule has 0 aromatic rings. The van der Waals surface area contributed by atoms with E-state index < -0.39 is 5.25 Å². The first-order valence-electron chi connectivity index (χ1n) is 1.81. The highest BCUT2D eigenvalue weighted by Crippen LogP contribution is 1.92. The van der Waals surface area contributed by atoms with Crippen LogP contribution in [0.15, 0.2) is 0 Å². The molecular weight excluding hydrogens is 110 g/mol. The van der Waals surface area contributed by atoms with Gasteiger partial charge in [0.1, 0.15) is 6.29 Å². The Balaban J connectivity index is 3.21. The minimum Gasteiger partial charge on any atom is -0.302 e. The predicted molar refractivity (Wildman–Crippen MR) is 29.1 cm³/mol. The SMILES string of the molecule is N#CCC(S)C=O. The van der Waals surface area contributed by atoms with Gasteiger partial charge in [0.15, 0.2) is 0 Å². The number of carbonyl (C=O) groups is 1. The number of carbonyl (C=O) groups excluding carboxylic acids is 1. The molecule has 7 heavy (non-hydrogen) atoms. The third-order valence-corrected chi connectivity index (χ3v) is 0.762. The van der Waals surface area contributed by atoms with Crippen LogP contribution >= 0.6 is 12.6 Å². The van der Waals surface area contributed by atoms with Crippen LogP contribution in [0.2, 0.25) is 0 Å². The molecule has 0 bridgehead atoms. The Morgan fingerprint density at radius 1 is 2.00 bits per heavy atom. The molecular formula is C4H5NOS. The zero-order valence-electron chi connectivity index (χ0n) is 3.66. The number of aldehydes is 1. The number of hydrogen-bond donors (Lipinski definition) is 1. The van der Waals surface area contributed by atoms with Crippen LogP contribution in [0.5, 0.6) is 0 Å². The molecule has 0 N–H and O–H groups in total. The van der Waals surface area contributed by atoms with Crippen molar-refractivity contribution in [3.63, 3.8) is 0 Å². The number of thiol groups is 1. The van der Waals surface area contributed by atoms with Crippen LogP contribution in [-0.2, 0) is 4.79 Å². The molecule has 0 spiro atoms. The second-order valence-corrected chi connectivity index (χ2v) is 1.73. The number of hydrogen-bond acceptors (Lipinski definition) is 3. The lowest BCUT2D eigenvalue weighted by Gasteiger charge is -1.86. The van der Waals surface area contributed by atoms with Crippen molar-refractivity contribution in [1.29, 1.82) is 5.26 Å². The molecule has 0 aliphatic heterocycles. The third kappa shape index (κ3) is 3.34. The minimum absolute atomic E-state index is 0.201. The second kappa shape index (κ2) is 3.69. The summed E-state index contributed by atoms with van der Waals surface area (Å²) in [5.74, 6) is 0. The van der Waals surface area contributed by atoms with Gasteiger partial charge in [-0.3, -0.25) is 0 Å². The van der Waals surface area contributed by atoms with E-state index in [4.69, 9.17) is 5.26 Å². The molecule has 38 valence electrons. The maximum atomic E-state index is 9.67. The predicted octanol–water partition coefficient (Wildman–Crippen LogP) is 0.397. The Hall–Kier alpha value is -0.490. The van der Waals surface area contributed by atoms with Crippen LogP contribution in [0.25, 0.3) is 0 Å². The summed E-state index contributed by atoms with van der Waals surface area (Å²) in [5, 5.41) is 7.51. The molecule has 0 saturated heterocycles. The van der Waals surface area contributed by atoms with Gasteiger partial charge in [-0.15, -0.1) is 0 Å². The highest BCUT2D eigenvalue weighted by atomic mass is 32.1. The molecule has 0 aliphatic carbocycles. The maximum Gasteiger partial charge on any atom is 0.133 e. The Kier molecular flexibility index (Phi) is 3.43. The van der Waals surface area contributed by atoms with Crippen LogP contribution in [0, 0.1) is 11.3 Å². The summed E-state index contributed by atoms with van der Waals surface area (Å²) < 4.78 is 0. The Labute approximate surface area is 47.5 Å². The van der Waals surface area contributed by atoms with E-state index in [1.807, 2.05) is 6.07 Å². The summed E-state index contributed by atoms with van der Waals surface area (Å²) in [7, 11) is 0. The van der Waals surface area contributed by atoms with E-state index in [0.29, 0.717) is 6.29 Å². The van der Waals surface area contributed by atoms with E-state index >= 15 is 0 Å². The van der Waals surface area contributed by atoms with Gasteiger partial charge in [0.2, 0.25) is 0 Å². The fourth-order valence-corrected chi connectivity index (χ4v) is 0.223. The lowest BCUT2D eigenvalue weighted by Crippen LogP contribution is -1.95. The topological polar surface area (TPSA) is 40.9 Å². The molecule has 0 fully saturated rings. The molecule has 0 heterocycles. The summed E-state index contributed by atoms with van der Waals surface area (Å²) in [5.41, 5.74) is 0. The quantitative estimate of drug-likeness (QED) is 0.418. The van der Waals surface area contributed by atoms with Gasteiger partial charge in [0.05, 0.1) is 17.7 Å². The van der Waals surface area contributed by atoms with Crippen molar-refractivity contribution in [2.45, 2.75) is 11.7 Å². The van der Waals surface area contributed by atoms with Crippen molar-refractivity contribution in [2.24, 2.45) is 0 Å². The molecule has 1 atom stereocenters. The second-order valence-electron chi connectivity index (χ2n) is 1.07. The van der Waals surface area contributed by atoms with Crippen LogP contribution in [0.3, 0.4) is 0 Å². The monoisotopic (exact) mass is 115 g/mol. The third-order valence-electron chi connectivity index (χ3n) is 0.458. The fraction of sp³-hybridized carbons (Fsp3) is 0.500. The van der Waals surface area contributed by atoms with Gasteiger partial charge in [-0.2, -0.15) is 17.9 Å². The van der Waals surface area contributed by atoms with Crippen LogP contribution in [0.1, 0.15) is 6.42 Å². The summed E-state index contributed by atoms with van der Waals surface area (Å²) in [6.45, 7) is 0. The van der Waals surface area contributed by atoms with Crippen LogP contribution in [-0.4, -0.2) is 11.5 Å². The smallest absolute Gasteiger partial charge is 0.133 e. The number of nitrogens with zero attached hydrogens (tertiary/aromatic N) is 1. The van der Waals surface area contributed by atoms with Crippen molar-refractivity contribution in [1.82, 2.24) is 0 Å². The lowest BCUT2D eigenvalue weighted by molar-refractivity contribution is -0.107. The van der Waals surface area contributed by atoms with Crippen molar-refractivity contribution < 1.29 is 4.79 Å². The summed E-state index contributed by atoms with van der Waals surface area (Å²) in [6.07, 6.45) is 0.846. The van der Waals surface area contributed by atoms with Crippen molar-refractivity contribution >= 4 is 18.9 Å². The van der Waals surface area contributed by atoms with Gasteiger partial charge in [-0.1, -0.05) is 0 Å². The van der Waals surface area contributed by atoms with Crippen molar-refractivity contribution in [2.75, 3.05) is 0 Å². The average molecular weight is 115 g/mol. The summed E-state index contributed by atoms with van der Waals surface area (Å²) in [6, 6.07) is 1.81. The van der Waals surface area contributed by atoms with Crippen molar-refractivity contribution in [3.8, 4) is 6.07 Å². The van der Waals surface area contributed by atoms with Crippen molar-refractivity contribution in [3.05, 3.63) is 0 Å². The number of nitriles is 1. The van der Waals surface area contributed by atoms with E-state index in [2.05, 4.69) is 12.6 Å². The molecule has 0 aromatic carbocycles. The van der Waals surface area contributed by atoms with E-state index in [9.17, 15) is 4.79 Å². The number of rotatable bonds is 2. The molecule has 1 unspecified atom stereocenters. The first-order valence-corrected chi connectivity index (χ1v) is 2.33. The molecule has 0 aromatic heterocycles. The van der Waals surface area contributed by atoms with Gasteiger partial charge in [-0.25, -0.2) is 0 Å². The van der Waals surface area contributed by atoms with Crippen LogP contribution < -0.4 is 0 Å². The van der Waals surface area contributed by atoms with E-state index in [1.54, 1.807) is 0 Å². The first kappa shape index (κ1) is 6.51. The first-order chi connectivity index (χ1) is 3.31. The minimum atomic E-state index is -0.398. The largest absolute Gasteiger partial charge is 0.302 e. The summed E-state index contributed by atoms with van der Waals surface area (Å²) >= 11 is 3.72. The average Bonchev–Trinajstić information content (AvgIpc) is 1.68. The zero-order chi connectivity index (χ0) is 5.70. The molecule has 0 saturated carbocycles. The molecule has 0 radical (unpaired) electrons. The normalized spacial score (nSPS) is 12.0. The molecule has 0 aliphatic rings. The van der Waals surface area contributed by atoms with Gasteiger partial charge >= 0.3 is 0 Å². The van der Waals surface area contributed by atoms with E-state index in [0.717, 1.165) is 0 Å². The summed E-state index contributed by atoms with van der Waals surface area (Å²) in [4.78, 5) is 9.67. The lowest BCUT2D eigenvalue weighted by atomic mass is 10.4. The zero-order valence-corrected chi connectivity index (χ0v) is 4.56. The fourth-order valence-electron chi connectivity index (χ4n) is 0.142. The van der Waals surface area contributed by atoms with Gasteiger partial charge in [0, 0.05) is 0 Å². The van der Waals surface area contributed by atoms with Gasteiger partial charge in [0.25, 0.3) is 0 Å². The Morgan fingerprint density at radius 3 is 2.71 bits per heavy atom. The van der Waals surface area contributed by atoms with E-state index in [1.165, 1.54) is 0 Å². The molecule has 0 rings (SSSR count). The highest BCUT2D eigenvalue weighted by Gasteiger charge is 1.94. The van der Waals surface area contributed by atoms with Crippen LogP contribution in [0.4, 0.5) is 0 Å². The molecule has 0 amide bonds. The van der Waals surface area contributed by atoms with E-state index in [-0.39, 0.29) is 6.42 Å². The highest BCUT2D eigenvalue weighted by molar-refractivity contribution is 7.81. The maximum absolute atomic E-state index is 9.67.